The summed E-state index contributed by atoms with van der Waals surface area (Å²) in [5, 5.41) is 8.11. The number of hydrogen-bond donors (Lipinski definition) is 1. The van der Waals surface area contributed by atoms with Gasteiger partial charge in [0.2, 0.25) is 0 Å². The van der Waals surface area contributed by atoms with Crippen LogP contribution in [0, 0.1) is 30.1 Å². The fraction of sp³-hybridized carbons (Fsp3) is 0.824. The first-order valence-corrected chi connectivity index (χ1v) is 8.34. The highest BCUT2D eigenvalue weighted by atomic mass is 15.3. The van der Waals surface area contributed by atoms with Gasteiger partial charge in [-0.3, -0.25) is 4.68 Å². The molecule has 3 heteroatoms. The molecule has 5 rings (SSSR count). The number of nitrogens with zero attached hydrogens (tertiary/aromatic N) is 2. The van der Waals surface area contributed by atoms with Crippen molar-refractivity contribution in [2.45, 2.75) is 51.5 Å². The Morgan fingerprint density at radius 2 is 1.85 bits per heavy atom. The topological polar surface area (TPSA) is 29.9 Å². The van der Waals surface area contributed by atoms with Gasteiger partial charge in [-0.05, 0) is 81.2 Å². The molecule has 20 heavy (non-hydrogen) atoms. The number of aryl methyl sites for hydroxylation is 1. The lowest BCUT2D eigenvalue weighted by Gasteiger charge is -2.59. The molecule has 0 aliphatic heterocycles. The van der Waals surface area contributed by atoms with Gasteiger partial charge >= 0.3 is 0 Å². The maximum absolute atomic E-state index is 4.67. The van der Waals surface area contributed by atoms with Crippen LogP contribution < -0.4 is 5.32 Å². The molecule has 0 spiro atoms. The molecule has 0 radical (unpaired) electrons. The van der Waals surface area contributed by atoms with Gasteiger partial charge in [0, 0.05) is 12.7 Å². The van der Waals surface area contributed by atoms with E-state index < -0.39 is 0 Å². The second-order valence-corrected chi connectivity index (χ2v) is 7.85. The second kappa shape index (κ2) is 4.59. The maximum atomic E-state index is 4.67. The molecule has 0 amide bonds. The molecule has 4 aliphatic carbocycles. The Morgan fingerprint density at radius 1 is 1.25 bits per heavy atom. The molecule has 3 nitrogen and oxygen atoms in total. The van der Waals surface area contributed by atoms with Gasteiger partial charge in [0.1, 0.15) is 0 Å². The van der Waals surface area contributed by atoms with Crippen molar-refractivity contribution in [1.82, 2.24) is 15.1 Å². The molecule has 0 saturated heterocycles. The third kappa shape index (κ3) is 1.93. The third-order valence-corrected chi connectivity index (χ3v) is 6.24. The highest BCUT2D eigenvalue weighted by molar-refractivity contribution is 5.08. The summed E-state index contributed by atoms with van der Waals surface area (Å²) in [5.41, 5.74) is 1.81. The van der Waals surface area contributed by atoms with Crippen molar-refractivity contribution in [1.29, 1.82) is 0 Å². The molecule has 4 aliphatic rings. The molecule has 1 aromatic heterocycles. The SMILES string of the molecule is CNCC(n1cc(C)cn1)C12CC3CC(CC(C3)C1)C2. The molecule has 1 N–H and O–H groups in total. The first-order chi connectivity index (χ1) is 9.68. The van der Waals surface area contributed by atoms with Crippen LogP contribution >= 0.6 is 0 Å². The zero-order chi connectivity index (χ0) is 13.7. The quantitative estimate of drug-likeness (QED) is 0.913. The first kappa shape index (κ1) is 12.9. The maximum Gasteiger partial charge on any atom is 0.0699 e. The molecule has 110 valence electrons. The Bertz CT molecular complexity index is 455. The van der Waals surface area contributed by atoms with E-state index in [4.69, 9.17) is 0 Å². The monoisotopic (exact) mass is 273 g/mol. The van der Waals surface area contributed by atoms with E-state index in [1.54, 1.807) is 0 Å². The van der Waals surface area contributed by atoms with Gasteiger partial charge in [0.25, 0.3) is 0 Å². The fourth-order valence-corrected chi connectivity index (χ4v) is 5.97. The summed E-state index contributed by atoms with van der Waals surface area (Å²) < 4.78 is 2.28. The number of hydrogen-bond acceptors (Lipinski definition) is 2. The van der Waals surface area contributed by atoms with Crippen molar-refractivity contribution in [3.63, 3.8) is 0 Å². The largest absolute Gasteiger partial charge is 0.318 e. The first-order valence-electron chi connectivity index (χ1n) is 8.34. The summed E-state index contributed by atoms with van der Waals surface area (Å²) in [4.78, 5) is 0. The molecule has 1 atom stereocenters. The van der Waals surface area contributed by atoms with Crippen LogP contribution in [0.2, 0.25) is 0 Å². The van der Waals surface area contributed by atoms with Gasteiger partial charge in [0.05, 0.1) is 12.2 Å². The van der Waals surface area contributed by atoms with Gasteiger partial charge in [-0.2, -0.15) is 5.10 Å². The predicted octanol–water partition coefficient (Wildman–Crippen LogP) is 3.17. The lowest BCUT2D eigenvalue weighted by molar-refractivity contribution is -0.0842. The molecular formula is C17H27N3. The van der Waals surface area contributed by atoms with E-state index in [-0.39, 0.29) is 0 Å². The van der Waals surface area contributed by atoms with Gasteiger partial charge in [-0.1, -0.05) is 0 Å². The molecule has 1 unspecified atom stereocenters. The standard InChI is InChI=1S/C17H27N3/c1-12-9-19-20(11-12)16(10-18-2)17-6-13-3-14(7-17)5-15(4-13)8-17/h9,11,13-16,18H,3-8,10H2,1-2H3. The van der Waals surface area contributed by atoms with Crippen LogP contribution in [0.1, 0.15) is 50.1 Å². The molecule has 1 aromatic rings. The molecule has 4 fully saturated rings. The highest BCUT2D eigenvalue weighted by Gasteiger charge is 2.54. The summed E-state index contributed by atoms with van der Waals surface area (Å²) in [6.07, 6.45) is 13.2. The summed E-state index contributed by atoms with van der Waals surface area (Å²) in [5.74, 6) is 3.03. The van der Waals surface area contributed by atoms with Crippen LogP contribution in [0.25, 0.3) is 0 Å². The second-order valence-electron chi connectivity index (χ2n) is 7.85. The number of likely N-dealkylation sites (N-methyl/N-ethyl adjacent to an activating group) is 1. The molecule has 4 bridgehead atoms. The van der Waals surface area contributed by atoms with Crippen molar-refractivity contribution in [2.75, 3.05) is 13.6 Å². The fourth-order valence-electron chi connectivity index (χ4n) is 5.97. The van der Waals surface area contributed by atoms with Crippen LogP contribution in [0.3, 0.4) is 0 Å². The number of nitrogens with one attached hydrogen (secondary N) is 1. The minimum atomic E-state index is 0.524. The third-order valence-electron chi connectivity index (χ3n) is 6.24. The van der Waals surface area contributed by atoms with Gasteiger partial charge in [-0.15, -0.1) is 0 Å². The summed E-state index contributed by atoms with van der Waals surface area (Å²) in [7, 11) is 2.09. The average molecular weight is 273 g/mol. The summed E-state index contributed by atoms with van der Waals surface area (Å²) in [6.45, 7) is 3.22. The lowest BCUT2D eigenvalue weighted by atomic mass is 9.47. The molecular weight excluding hydrogens is 246 g/mol. The summed E-state index contributed by atoms with van der Waals surface area (Å²) in [6, 6.07) is 0.551. The van der Waals surface area contributed by atoms with Crippen molar-refractivity contribution >= 4 is 0 Å². The zero-order valence-electron chi connectivity index (χ0n) is 12.8. The van der Waals surface area contributed by atoms with E-state index in [2.05, 4.69) is 35.3 Å². The van der Waals surface area contributed by atoms with Gasteiger partial charge in [-0.25, -0.2) is 0 Å². The van der Waals surface area contributed by atoms with E-state index in [9.17, 15) is 0 Å². The van der Waals surface area contributed by atoms with E-state index >= 15 is 0 Å². The van der Waals surface area contributed by atoms with E-state index in [1.807, 2.05) is 6.20 Å². The van der Waals surface area contributed by atoms with Gasteiger partial charge in [0.15, 0.2) is 0 Å². The Kier molecular flexibility index (Phi) is 2.95. The minimum Gasteiger partial charge on any atom is -0.318 e. The Hall–Kier alpha value is -0.830. The minimum absolute atomic E-state index is 0.524. The summed E-state index contributed by atoms with van der Waals surface area (Å²) >= 11 is 0. The van der Waals surface area contributed by atoms with Crippen LogP contribution in [0.5, 0.6) is 0 Å². The number of aromatic nitrogens is 2. The van der Waals surface area contributed by atoms with Gasteiger partial charge < -0.3 is 5.32 Å². The average Bonchev–Trinajstić information content (AvgIpc) is 2.80. The van der Waals surface area contributed by atoms with E-state index in [1.165, 1.54) is 44.1 Å². The Balaban J connectivity index is 1.68. The normalized spacial score (nSPS) is 40.2. The Labute approximate surface area is 122 Å². The molecule has 1 heterocycles. The zero-order valence-corrected chi connectivity index (χ0v) is 12.8. The van der Waals surface area contributed by atoms with Crippen LogP contribution in [0.4, 0.5) is 0 Å². The van der Waals surface area contributed by atoms with Crippen molar-refractivity contribution in [3.8, 4) is 0 Å². The molecule has 0 aromatic carbocycles. The van der Waals surface area contributed by atoms with E-state index in [0.29, 0.717) is 11.5 Å². The molecule has 4 saturated carbocycles. The Morgan fingerprint density at radius 3 is 2.30 bits per heavy atom. The van der Waals surface area contributed by atoms with Crippen LogP contribution in [-0.4, -0.2) is 23.4 Å². The van der Waals surface area contributed by atoms with E-state index in [0.717, 1.165) is 24.3 Å². The predicted molar refractivity (Wildman–Crippen MR) is 80.5 cm³/mol. The smallest absolute Gasteiger partial charge is 0.0699 e. The highest BCUT2D eigenvalue weighted by Crippen LogP contribution is 2.63. The van der Waals surface area contributed by atoms with Crippen molar-refractivity contribution < 1.29 is 0 Å². The van der Waals surface area contributed by atoms with Crippen LogP contribution in [-0.2, 0) is 0 Å². The van der Waals surface area contributed by atoms with Crippen molar-refractivity contribution in [2.24, 2.45) is 23.2 Å². The van der Waals surface area contributed by atoms with Crippen LogP contribution in [0.15, 0.2) is 12.4 Å². The number of rotatable bonds is 4. The lowest BCUT2D eigenvalue weighted by Crippen LogP contribution is -2.52. The van der Waals surface area contributed by atoms with Crippen molar-refractivity contribution in [3.05, 3.63) is 18.0 Å².